The van der Waals surface area contributed by atoms with Crippen molar-refractivity contribution in [3.8, 4) is 0 Å². The smallest absolute Gasteiger partial charge is 0.0147 e. The molecule has 1 rings (SSSR count). The van der Waals surface area contributed by atoms with Gasteiger partial charge in [0, 0.05) is 36.7 Å². The van der Waals surface area contributed by atoms with Crippen LogP contribution in [-0.4, -0.2) is 48.1 Å². The van der Waals surface area contributed by atoms with Crippen molar-refractivity contribution in [3.05, 3.63) is 0 Å². The van der Waals surface area contributed by atoms with E-state index in [0.717, 1.165) is 11.8 Å². The summed E-state index contributed by atoms with van der Waals surface area (Å²) in [6, 6.07) is 0.586. The Labute approximate surface area is 106 Å². The van der Waals surface area contributed by atoms with Crippen LogP contribution in [0.4, 0.5) is 0 Å². The van der Waals surface area contributed by atoms with Gasteiger partial charge in [0.15, 0.2) is 0 Å². The highest BCUT2D eigenvalue weighted by molar-refractivity contribution is 7.99. The maximum atomic E-state index is 3.55. The fraction of sp³-hybridized carbons (Fsp3) is 1.00. The van der Waals surface area contributed by atoms with Crippen molar-refractivity contribution < 1.29 is 0 Å². The number of hydrogen-bond acceptors (Lipinski definition) is 3. The lowest BCUT2D eigenvalue weighted by atomic mass is 9.84. The molecule has 1 saturated heterocycles. The Morgan fingerprint density at radius 1 is 1.50 bits per heavy atom. The Balaban J connectivity index is 2.44. The van der Waals surface area contributed by atoms with Gasteiger partial charge in [0.1, 0.15) is 0 Å². The summed E-state index contributed by atoms with van der Waals surface area (Å²) in [6.45, 7) is 16.4. The first-order valence-electron chi connectivity index (χ1n) is 6.53. The molecule has 2 nitrogen and oxygen atoms in total. The minimum atomic E-state index is 0.359. The van der Waals surface area contributed by atoms with Gasteiger partial charge in [-0.05, 0) is 18.9 Å². The van der Waals surface area contributed by atoms with E-state index in [1.807, 2.05) is 0 Å². The number of hydrogen-bond donors (Lipinski definition) is 1. The highest BCUT2D eigenvalue weighted by Gasteiger charge is 2.29. The fourth-order valence-electron chi connectivity index (χ4n) is 2.33. The van der Waals surface area contributed by atoms with Crippen LogP contribution in [-0.2, 0) is 0 Å². The maximum absolute atomic E-state index is 3.55. The Morgan fingerprint density at radius 3 is 2.75 bits per heavy atom. The molecule has 0 aromatic carbocycles. The first-order valence-corrected chi connectivity index (χ1v) is 7.58. The molecule has 1 aliphatic heterocycles. The summed E-state index contributed by atoms with van der Waals surface area (Å²) in [5.74, 6) is 1.30. The van der Waals surface area contributed by atoms with Crippen LogP contribution in [0.15, 0.2) is 0 Å². The Bertz CT molecular complexity index is 206. The van der Waals surface area contributed by atoms with Crippen LogP contribution >= 0.6 is 11.8 Å². The largest absolute Gasteiger partial charge is 0.314 e. The minimum Gasteiger partial charge on any atom is -0.314 e. The molecule has 0 bridgehead atoms. The zero-order valence-corrected chi connectivity index (χ0v) is 12.4. The lowest BCUT2D eigenvalue weighted by molar-refractivity contribution is 0.147. The SMILES string of the molecule is CCNC(C)C(C)(C)CN1CCSC(C)C1. The van der Waals surface area contributed by atoms with E-state index in [4.69, 9.17) is 0 Å². The quantitative estimate of drug-likeness (QED) is 0.800. The molecule has 0 radical (unpaired) electrons. The van der Waals surface area contributed by atoms with Crippen molar-refractivity contribution in [3.63, 3.8) is 0 Å². The van der Waals surface area contributed by atoms with E-state index < -0.39 is 0 Å². The number of thioether (sulfide) groups is 1. The average Bonchev–Trinajstić information content (AvgIpc) is 2.17. The molecule has 1 aliphatic rings. The Morgan fingerprint density at radius 2 is 2.19 bits per heavy atom. The van der Waals surface area contributed by atoms with Crippen LogP contribution in [0.5, 0.6) is 0 Å². The molecule has 1 fully saturated rings. The van der Waals surface area contributed by atoms with Crippen LogP contribution in [0.25, 0.3) is 0 Å². The summed E-state index contributed by atoms with van der Waals surface area (Å²) in [7, 11) is 0. The van der Waals surface area contributed by atoms with Gasteiger partial charge < -0.3 is 10.2 Å². The predicted octanol–water partition coefficient (Wildman–Crippen LogP) is 2.45. The van der Waals surface area contributed by atoms with E-state index in [9.17, 15) is 0 Å². The van der Waals surface area contributed by atoms with Gasteiger partial charge in [-0.3, -0.25) is 0 Å². The monoisotopic (exact) mass is 244 g/mol. The van der Waals surface area contributed by atoms with Crippen molar-refractivity contribution in [1.29, 1.82) is 0 Å². The zero-order chi connectivity index (χ0) is 12.2. The molecule has 2 atom stereocenters. The molecule has 1 heterocycles. The van der Waals surface area contributed by atoms with Crippen LogP contribution in [0, 0.1) is 5.41 Å². The average molecular weight is 244 g/mol. The number of nitrogens with zero attached hydrogens (tertiary/aromatic N) is 1. The van der Waals surface area contributed by atoms with Crippen molar-refractivity contribution in [2.45, 2.75) is 45.9 Å². The molecule has 0 aliphatic carbocycles. The highest BCUT2D eigenvalue weighted by atomic mass is 32.2. The molecule has 0 spiro atoms. The Hall–Kier alpha value is 0.270. The molecule has 0 amide bonds. The van der Waals surface area contributed by atoms with Crippen molar-refractivity contribution in [2.24, 2.45) is 5.41 Å². The first kappa shape index (κ1) is 14.3. The van der Waals surface area contributed by atoms with Crippen LogP contribution in [0.3, 0.4) is 0 Å². The molecule has 3 heteroatoms. The molecule has 0 aromatic heterocycles. The summed E-state index contributed by atoms with van der Waals surface area (Å²) in [5.41, 5.74) is 0.359. The second-order valence-corrected chi connectivity index (χ2v) is 7.23. The molecular weight excluding hydrogens is 216 g/mol. The van der Waals surface area contributed by atoms with Gasteiger partial charge >= 0.3 is 0 Å². The summed E-state index contributed by atoms with van der Waals surface area (Å²) in [4.78, 5) is 2.63. The molecule has 0 saturated carbocycles. The summed E-state index contributed by atoms with van der Waals surface area (Å²) < 4.78 is 0. The maximum Gasteiger partial charge on any atom is 0.0147 e. The zero-order valence-electron chi connectivity index (χ0n) is 11.5. The molecule has 0 aromatic rings. The molecule has 16 heavy (non-hydrogen) atoms. The third kappa shape index (κ3) is 4.27. The third-order valence-electron chi connectivity index (χ3n) is 3.64. The molecule has 2 unspecified atom stereocenters. The topological polar surface area (TPSA) is 15.3 Å². The molecule has 96 valence electrons. The van der Waals surface area contributed by atoms with Crippen LogP contribution in [0.1, 0.15) is 34.6 Å². The minimum absolute atomic E-state index is 0.359. The van der Waals surface area contributed by atoms with Crippen LogP contribution in [0.2, 0.25) is 0 Å². The van der Waals surface area contributed by atoms with E-state index in [2.05, 4.69) is 56.6 Å². The lowest BCUT2D eigenvalue weighted by Gasteiger charge is -2.40. The number of rotatable bonds is 5. The van der Waals surface area contributed by atoms with Crippen LogP contribution < -0.4 is 5.32 Å². The van der Waals surface area contributed by atoms with Gasteiger partial charge in [-0.2, -0.15) is 11.8 Å². The standard InChI is InChI=1S/C13H28N2S/c1-6-14-12(3)13(4,5)10-15-7-8-16-11(2)9-15/h11-12,14H,6-10H2,1-5H3. The van der Waals surface area contributed by atoms with Gasteiger partial charge in [-0.1, -0.05) is 27.7 Å². The van der Waals surface area contributed by atoms with Crippen molar-refractivity contribution in [2.75, 3.05) is 31.9 Å². The van der Waals surface area contributed by atoms with E-state index in [0.29, 0.717) is 11.5 Å². The summed E-state index contributed by atoms with van der Waals surface area (Å²) >= 11 is 2.11. The predicted molar refractivity (Wildman–Crippen MR) is 75.3 cm³/mol. The number of nitrogens with one attached hydrogen (secondary N) is 1. The van der Waals surface area contributed by atoms with E-state index >= 15 is 0 Å². The van der Waals surface area contributed by atoms with Gasteiger partial charge in [0.2, 0.25) is 0 Å². The van der Waals surface area contributed by atoms with Gasteiger partial charge in [0.05, 0.1) is 0 Å². The first-order chi connectivity index (χ1) is 7.45. The van der Waals surface area contributed by atoms with Gasteiger partial charge in [-0.25, -0.2) is 0 Å². The van der Waals surface area contributed by atoms with Gasteiger partial charge in [0.25, 0.3) is 0 Å². The Kier molecular flexibility index (Phi) is 5.62. The summed E-state index contributed by atoms with van der Waals surface area (Å²) in [6.07, 6.45) is 0. The second-order valence-electron chi connectivity index (χ2n) is 5.68. The van der Waals surface area contributed by atoms with Crippen molar-refractivity contribution >= 4 is 11.8 Å². The third-order valence-corrected chi connectivity index (χ3v) is 4.78. The van der Waals surface area contributed by atoms with Gasteiger partial charge in [-0.15, -0.1) is 0 Å². The highest BCUT2D eigenvalue weighted by Crippen LogP contribution is 2.25. The summed E-state index contributed by atoms with van der Waals surface area (Å²) in [5, 5.41) is 4.36. The van der Waals surface area contributed by atoms with E-state index in [1.54, 1.807) is 0 Å². The van der Waals surface area contributed by atoms with Crippen molar-refractivity contribution in [1.82, 2.24) is 10.2 Å². The van der Waals surface area contributed by atoms with E-state index in [1.165, 1.54) is 25.4 Å². The lowest BCUT2D eigenvalue weighted by Crippen LogP contribution is -2.49. The molecule has 1 N–H and O–H groups in total. The fourth-order valence-corrected chi connectivity index (χ4v) is 3.41. The second kappa shape index (κ2) is 6.27. The van der Waals surface area contributed by atoms with E-state index in [-0.39, 0.29) is 0 Å². The normalized spacial score (nSPS) is 25.7. The molecular formula is C13H28N2S.